The monoisotopic (exact) mass is 437 g/mol. The Bertz CT molecular complexity index is 1000. The Morgan fingerprint density at radius 2 is 2.17 bits per heavy atom. The van der Waals surface area contributed by atoms with Crippen LogP contribution in [0.5, 0.6) is 0 Å². The molecule has 0 saturated carbocycles. The molecule has 1 saturated heterocycles. The van der Waals surface area contributed by atoms with Gasteiger partial charge in [-0.3, -0.25) is 4.90 Å². The van der Waals surface area contributed by atoms with Crippen molar-refractivity contribution in [3.8, 4) is 6.07 Å². The lowest BCUT2D eigenvalue weighted by Gasteiger charge is -2.34. The van der Waals surface area contributed by atoms with Gasteiger partial charge in [0.05, 0.1) is 23.4 Å². The number of nitriles is 1. The number of aryl methyl sites for hydroxylation is 1. The highest BCUT2D eigenvalue weighted by Crippen LogP contribution is 2.35. The summed E-state index contributed by atoms with van der Waals surface area (Å²) in [6, 6.07) is 10.6. The van der Waals surface area contributed by atoms with E-state index in [1.54, 1.807) is 29.7 Å². The molecule has 0 radical (unpaired) electrons. The summed E-state index contributed by atoms with van der Waals surface area (Å²) in [7, 11) is 0. The van der Waals surface area contributed by atoms with Gasteiger partial charge in [-0.2, -0.15) is 5.26 Å². The quantitative estimate of drug-likeness (QED) is 0.449. The maximum atomic E-state index is 9.07. The van der Waals surface area contributed by atoms with E-state index < -0.39 is 0 Å². The summed E-state index contributed by atoms with van der Waals surface area (Å²) in [6.45, 7) is 4.38. The van der Waals surface area contributed by atoms with Crippen LogP contribution in [-0.4, -0.2) is 21.4 Å². The van der Waals surface area contributed by atoms with Gasteiger partial charge in [-0.15, -0.1) is 22.7 Å². The summed E-state index contributed by atoms with van der Waals surface area (Å²) in [4.78, 5) is 14.7. The van der Waals surface area contributed by atoms with Crippen LogP contribution in [0.1, 0.15) is 66.1 Å². The first-order valence-corrected chi connectivity index (χ1v) is 12.3. The highest BCUT2D eigenvalue weighted by atomic mass is 32.1. The van der Waals surface area contributed by atoms with Crippen LogP contribution in [0.2, 0.25) is 0 Å². The number of aromatic nitrogens is 2. The number of rotatable bonds is 8. The van der Waals surface area contributed by atoms with Gasteiger partial charge in [-0.25, -0.2) is 9.97 Å². The van der Waals surface area contributed by atoms with Crippen LogP contribution in [0.4, 0.5) is 10.9 Å². The number of hydrogen-bond donors (Lipinski definition) is 1. The van der Waals surface area contributed by atoms with Gasteiger partial charge in [0.15, 0.2) is 5.13 Å². The van der Waals surface area contributed by atoms with E-state index in [0.29, 0.717) is 17.4 Å². The number of anilines is 2. The molecule has 1 N–H and O–H groups in total. The van der Waals surface area contributed by atoms with Crippen LogP contribution in [0.15, 0.2) is 35.8 Å². The molecule has 4 heterocycles. The Morgan fingerprint density at radius 1 is 1.27 bits per heavy atom. The van der Waals surface area contributed by atoms with E-state index in [-0.39, 0.29) is 0 Å². The Kier molecular flexibility index (Phi) is 7.11. The summed E-state index contributed by atoms with van der Waals surface area (Å²) in [5.74, 6) is 0.661. The zero-order chi connectivity index (χ0) is 20.8. The van der Waals surface area contributed by atoms with Crippen LogP contribution in [0, 0.1) is 11.3 Å². The molecule has 4 rings (SSSR count). The van der Waals surface area contributed by atoms with Crippen LogP contribution >= 0.6 is 22.7 Å². The van der Waals surface area contributed by atoms with Crippen molar-refractivity contribution in [2.24, 2.45) is 0 Å². The van der Waals surface area contributed by atoms with Crippen LogP contribution in [0.25, 0.3) is 0 Å². The number of hydrogen-bond acceptors (Lipinski definition) is 7. The molecule has 1 aliphatic rings. The molecule has 0 amide bonds. The number of unbranched alkanes of at least 4 members (excludes halogenated alkanes) is 1. The Labute approximate surface area is 186 Å². The number of nitrogens with one attached hydrogen (secondary N) is 1. The van der Waals surface area contributed by atoms with Gasteiger partial charge in [-0.05, 0) is 56.5 Å². The Morgan fingerprint density at radius 3 is 3.03 bits per heavy atom. The summed E-state index contributed by atoms with van der Waals surface area (Å²) in [6.07, 6.45) is 9.02. The summed E-state index contributed by atoms with van der Waals surface area (Å²) in [5, 5.41) is 15.3. The minimum absolute atomic E-state index is 0.366. The lowest BCUT2D eigenvalue weighted by molar-refractivity contribution is 0.139. The third kappa shape index (κ3) is 5.25. The van der Waals surface area contributed by atoms with Crippen LogP contribution in [-0.2, 0) is 13.0 Å². The average Bonchev–Trinajstić information content (AvgIpc) is 3.42. The van der Waals surface area contributed by atoms with E-state index in [1.165, 1.54) is 41.9 Å². The topological polar surface area (TPSA) is 64.8 Å². The summed E-state index contributed by atoms with van der Waals surface area (Å²) < 4.78 is 0. The maximum Gasteiger partial charge on any atom is 0.188 e. The van der Waals surface area contributed by atoms with E-state index in [9.17, 15) is 0 Å². The van der Waals surface area contributed by atoms with Crippen molar-refractivity contribution in [1.29, 1.82) is 5.26 Å². The molecule has 30 heavy (non-hydrogen) atoms. The molecule has 156 valence electrons. The molecule has 0 aromatic carbocycles. The zero-order valence-electron chi connectivity index (χ0n) is 17.3. The van der Waals surface area contributed by atoms with Crippen molar-refractivity contribution in [3.05, 3.63) is 56.9 Å². The molecule has 0 aliphatic carbocycles. The molecule has 0 unspecified atom stereocenters. The Hall–Kier alpha value is -2.27. The van der Waals surface area contributed by atoms with Crippen molar-refractivity contribution < 1.29 is 0 Å². The lowest BCUT2D eigenvalue weighted by atomic mass is 10.00. The van der Waals surface area contributed by atoms with Crippen molar-refractivity contribution in [1.82, 2.24) is 14.9 Å². The molecule has 5 nitrogen and oxygen atoms in total. The normalized spacial score (nSPS) is 17.0. The van der Waals surface area contributed by atoms with Crippen LogP contribution < -0.4 is 5.32 Å². The van der Waals surface area contributed by atoms with Gasteiger partial charge in [-0.1, -0.05) is 19.8 Å². The van der Waals surface area contributed by atoms with Gasteiger partial charge < -0.3 is 5.32 Å². The number of nitrogens with zero attached hydrogens (tertiary/aromatic N) is 4. The molecule has 0 bridgehead atoms. The molecule has 1 atom stereocenters. The van der Waals surface area contributed by atoms with Crippen molar-refractivity contribution in [3.63, 3.8) is 0 Å². The molecular formula is C23H27N5S2. The second-order valence-electron chi connectivity index (χ2n) is 7.70. The summed E-state index contributed by atoms with van der Waals surface area (Å²) in [5.41, 5.74) is 1.73. The molecule has 3 aromatic rings. The van der Waals surface area contributed by atoms with Gasteiger partial charge >= 0.3 is 0 Å². The molecular weight excluding hydrogens is 410 g/mol. The fraction of sp³-hybridized carbons (Fsp3) is 0.435. The van der Waals surface area contributed by atoms with Crippen molar-refractivity contribution >= 4 is 33.6 Å². The number of piperidine rings is 1. The smallest absolute Gasteiger partial charge is 0.188 e. The number of thiophene rings is 1. The molecule has 1 aliphatic heterocycles. The third-order valence-electron chi connectivity index (χ3n) is 5.45. The van der Waals surface area contributed by atoms with Gasteiger partial charge in [0.25, 0.3) is 0 Å². The van der Waals surface area contributed by atoms with Gasteiger partial charge in [0, 0.05) is 27.9 Å². The largest absolute Gasteiger partial charge is 0.316 e. The first-order valence-electron chi connectivity index (χ1n) is 10.7. The van der Waals surface area contributed by atoms with Crippen molar-refractivity contribution in [2.75, 3.05) is 11.9 Å². The van der Waals surface area contributed by atoms with Crippen LogP contribution in [0.3, 0.4) is 0 Å². The van der Waals surface area contributed by atoms with E-state index >= 15 is 0 Å². The lowest BCUT2D eigenvalue weighted by Crippen LogP contribution is -2.32. The number of pyridine rings is 1. The van der Waals surface area contributed by atoms with Crippen molar-refractivity contribution in [2.45, 2.75) is 58.0 Å². The minimum atomic E-state index is 0.366. The van der Waals surface area contributed by atoms with E-state index in [4.69, 9.17) is 10.2 Å². The second-order valence-corrected chi connectivity index (χ2v) is 9.81. The molecule has 7 heteroatoms. The third-order valence-corrected chi connectivity index (χ3v) is 7.36. The highest BCUT2D eigenvalue weighted by molar-refractivity contribution is 7.13. The first kappa shape index (κ1) is 21.0. The molecule has 1 fully saturated rings. The maximum absolute atomic E-state index is 9.07. The SMILES string of the molecule is CCCCc1ccc(CN2CCCC[C@H]2c2csc(Nc3cc(C#N)ccn3)n2)s1. The second kappa shape index (κ2) is 10.2. The van der Waals surface area contributed by atoms with E-state index in [0.717, 1.165) is 30.3 Å². The van der Waals surface area contributed by atoms with E-state index in [2.05, 4.69) is 45.7 Å². The van der Waals surface area contributed by atoms with E-state index in [1.807, 2.05) is 11.3 Å². The number of likely N-dealkylation sites (tertiary alicyclic amines) is 1. The first-order chi connectivity index (χ1) is 14.7. The molecule has 0 spiro atoms. The average molecular weight is 438 g/mol. The highest BCUT2D eigenvalue weighted by Gasteiger charge is 2.26. The van der Waals surface area contributed by atoms with Gasteiger partial charge in [0.2, 0.25) is 0 Å². The minimum Gasteiger partial charge on any atom is -0.316 e. The predicted molar refractivity (Wildman–Crippen MR) is 124 cm³/mol. The fourth-order valence-corrected chi connectivity index (χ4v) is 5.73. The van der Waals surface area contributed by atoms with Gasteiger partial charge in [0.1, 0.15) is 5.82 Å². The standard InChI is InChI=1S/C23H27N5S2/c1-2-3-6-18-8-9-19(30-18)15-28-12-5-4-7-21(28)20-16-29-23(26-20)27-22-13-17(14-24)10-11-25-22/h8-11,13,16,21H,2-7,12,15H2,1H3,(H,25,26,27)/t21-/m0/s1. The molecule has 3 aromatic heterocycles. The fourth-order valence-electron chi connectivity index (χ4n) is 3.88. The Balaban J connectivity index is 1.44. The predicted octanol–water partition coefficient (Wildman–Crippen LogP) is 6.28. The summed E-state index contributed by atoms with van der Waals surface area (Å²) >= 11 is 3.57. The number of thiazole rings is 1. The zero-order valence-corrected chi connectivity index (χ0v) is 18.9.